The standard InChI is InChI=1S/C7H12Cl2N2/c8-7(9)3-1-5(10)6(11)2-4(3)7/h3-6H,1-2,10-11H2/t3?,4?,5-,6?/m0/s1. The van der Waals surface area contributed by atoms with Gasteiger partial charge in [-0.15, -0.1) is 23.2 Å². The molecule has 11 heavy (non-hydrogen) atoms. The summed E-state index contributed by atoms with van der Waals surface area (Å²) >= 11 is 12.0. The zero-order chi connectivity index (χ0) is 8.22. The zero-order valence-electron chi connectivity index (χ0n) is 6.13. The molecule has 0 amide bonds. The van der Waals surface area contributed by atoms with E-state index in [4.69, 9.17) is 34.7 Å². The lowest BCUT2D eigenvalue weighted by Crippen LogP contribution is -2.44. The average Bonchev–Trinajstić information content (AvgIpc) is 2.39. The Bertz CT molecular complexity index is 165. The van der Waals surface area contributed by atoms with Crippen molar-refractivity contribution in [1.29, 1.82) is 0 Å². The van der Waals surface area contributed by atoms with Gasteiger partial charge in [0.25, 0.3) is 0 Å². The molecule has 0 spiro atoms. The fourth-order valence-electron chi connectivity index (χ4n) is 2.04. The second kappa shape index (κ2) is 2.25. The predicted molar refractivity (Wildman–Crippen MR) is 46.6 cm³/mol. The van der Waals surface area contributed by atoms with E-state index < -0.39 is 4.33 Å². The van der Waals surface area contributed by atoms with E-state index in [1.54, 1.807) is 0 Å². The third-order valence-corrected chi connectivity index (χ3v) is 4.09. The smallest absolute Gasteiger partial charge is 0.124 e. The number of fused-ring (bicyclic) bond motifs is 1. The number of rotatable bonds is 0. The van der Waals surface area contributed by atoms with Crippen molar-refractivity contribution in [3.05, 3.63) is 0 Å². The quantitative estimate of drug-likeness (QED) is 0.563. The maximum atomic E-state index is 6.00. The molecule has 2 aliphatic rings. The van der Waals surface area contributed by atoms with Gasteiger partial charge in [0.15, 0.2) is 0 Å². The van der Waals surface area contributed by atoms with Gasteiger partial charge in [0.2, 0.25) is 0 Å². The first-order valence-electron chi connectivity index (χ1n) is 3.92. The van der Waals surface area contributed by atoms with E-state index in [1.807, 2.05) is 0 Å². The van der Waals surface area contributed by atoms with Crippen LogP contribution in [-0.4, -0.2) is 16.4 Å². The monoisotopic (exact) mass is 194 g/mol. The number of nitrogens with two attached hydrogens (primary N) is 2. The maximum Gasteiger partial charge on any atom is 0.124 e. The lowest BCUT2D eigenvalue weighted by Gasteiger charge is -2.23. The molecule has 0 bridgehead atoms. The molecule has 4 heteroatoms. The molecule has 0 aromatic heterocycles. The fourth-order valence-corrected chi connectivity index (χ4v) is 2.88. The predicted octanol–water partition coefficient (Wildman–Crippen LogP) is 0.855. The molecule has 0 aromatic rings. The van der Waals surface area contributed by atoms with Crippen LogP contribution >= 0.6 is 23.2 Å². The highest BCUT2D eigenvalue weighted by atomic mass is 35.5. The lowest BCUT2D eigenvalue weighted by molar-refractivity contribution is 0.369. The Morgan fingerprint density at radius 1 is 1.00 bits per heavy atom. The van der Waals surface area contributed by atoms with Crippen LogP contribution in [0.4, 0.5) is 0 Å². The van der Waals surface area contributed by atoms with Crippen molar-refractivity contribution in [2.75, 3.05) is 0 Å². The van der Waals surface area contributed by atoms with E-state index in [0.717, 1.165) is 12.8 Å². The van der Waals surface area contributed by atoms with Gasteiger partial charge in [0, 0.05) is 12.1 Å². The highest BCUT2D eigenvalue weighted by Gasteiger charge is 2.65. The van der Waals surface area contributed by atoms with Crippen LogP contribution in [0.25, 0.3) is 0 Å². The first-order chi connectivity index (χ1) is 5.03. The molecule has 2 saturated carbocycles. The fraction of sp³-hybridized carbons (Fsp3) is 1.00. The molecule has 2 rings (SSSR count). The summed E-state index contributed by atoms with van der Waals surface area (Å²) < 4.78 is -0.508. The third kappa shape index (κ3) is 1.08. The van der Waals surface area contributed by atoms with Crippen LogP contribution in [0.1, 0.15) is 12.8 Å². The van der Waals surface area contributed by atoms with Gasteiger partial charge in [0.05, 0.1) is 0 Å². The van der Waals surface area contributed by atoms with Gasteiger partial charge >= 0.3 is 0 Å². The highest BCUT2D eigenvalue weighted by molar-refractivity contribution is 6.51. The number of halogens is 2. The molecule has 2 aliphatic carbocycles. The van der Waals surface area contributed by atoms with E-state index in [9.17, 15) is 0 Å². The van der Waals surface area contributed by atoms with Gasteiger partial charge in [-0.2, -0.15) is 0 Å². The van der Waals surface area contributed by atoms with Gasteiger partial charge in [-0.3, -0.25) is 0 Å². The van der Waals surface area contributed by atoms with E-state index in [-0.39, 0.29) is 12.1 Å². The Hall–Kier alpha value is 0.500. The summed E-state index contributed by atoms with van der Waals surface area (Å²) in [6, 6.07) is 0.186. The minimum atomic E-state index is -0.508. The van der Waals surface area contributed by atoms with Crippen molar-refractivity contribution in [2.24, 2.45) is 23.3 Å². The summed E-state index contributed by atoms with van der Waals surface area (Å²) in [7, 11) is 0. The summed E-state index contributed by atoms with van der Waals surface area (Å²) in [5, 5.41) is 0. The molecular formula is C7H12Cl2N2. The number of alkyl halides is 2. The molecule has 2 nitrogen and oxygen atoms in total. The minimum Gasteiger partial charge on any atom is -0.326 e. The van der Waals surface area contributed by atoms with Crippen molar-refractivity contribution in [2.45, 2.75) is 29.3 Å². The van der Waals surface area contributed by atoms with Crippen molar-refractivity contribution in [3.8, 4) is 0 Å². The molecule has 0 aliphatic heterocycles. The minimum absolute atomic E-state index is 0.0932. The molecular weight excluding hydrogens is 183 g/mol. The Labute approximate surface area is 76.2 Å². The molecule has 0 heterocycles. The second-order valence-corrected chi connectivity index (χ2v) is 5.13. The maximum absolute atomic E-state index is 6.00. The third-order valence-electron chi connectivity index (χ3n) is 2.97. The van der Waals surface area contributed by atoms with Gasteiger partial charge in [0.1, 0.15) is 4.33 Å². The number of hydrogen-bond acceptors (Lipinski definition) is 2. The molecule has 0 saturated heterocycles. The summed E-state index contributed by atoms with van der Waals surface area (Å²) in [4.78, 5) is 0. The first-order valence-corrected chi connectivity index (χ1v) is 4.68. The molecule has 64 valence electrons. The molecule has 0 radical (unpaired) electrons. The van der Waals surface area contributed by atoms with Gasteiger partial charge < -0.3 is 11.5 Å². The molecule has 4 N–H and O–H groups in total. The SMILES string of the molecule is NC1CC2C(C[C@@H]1N)C2(Cl)Cl. The largest absolute Gasteiger partial charge is 0.326 e. The van der Waals surface area contributed by atoms with Crippen molar-refractivity contribution >= 4 is 23.2 Å². The van der Waals surface area contributed by atoms with Crippen molar-refractivity contribution in [1.82, 2.24) is 0 Å². The summed E-state index contributed by atoms with van der Waals surface area (Å²) in [6.07, 6.45) is 1.78. The van der Waals surface area contributed by atoms with Gasteiger partial charge in [-0.25, -0.2) is 0 Å². The summed E-state index contributed by atoms with van der Waals surface area (Å²) in [6.45, 7) is 0. The van der Waals surface area contributed by atoms with E-state index in [0.29, 0.717) is 11.8 Å². The van der Waals surface area contributed by atoms with E-state index >= 15 is 0 Å². The zero-order valence-corrected chi connectivity index (χ0v) is 7.65. The molecule has 3 unspecified atom stereocenters. The van der Waals surface area contributed by atoms with Crippen LogP contribution in [-0.2, 0) is 0 Å². The summed E-state index contributed by atoms with van der Waals surface area (Å²) in [5.41, 5.74) is 11.5. The topological polar surface area (TPSA) is 52.0 Å². The normalized spacial score (nSPS) is 53.5. The lowest BCUT2D eigenvalue weighted by atomic mass is 9.92. The van der Waals surface area contributed by atoms with Crippen LogP contribution in [0.5, 0.6) is 0 Å². The van der Waals surface area contributed by atoms with Gasteiger partial charge in [-0.1, -0.05) is 0 Å². The Balaban J connectivity index is 2.07. The van der Waals surface area contributed by atoms with E-state index in [2.05, 4.69) is 0 Å². The van der Waals surface area contributed by atoms with Crippen molar-refractivity contribution < 1.29 is 0 Å². The molecule has 4 atom stereocenters. The average molecular weight is 195 g/mol. The van der Waals surface area contributed by atoms with E-state index in [1.165, 1.54) is 0 Å². The second-order valence-electron chi connectivity index (χ2n) is 3.69. The van der Waals surface area contributed by atoms with Crippen LogP contribution in [0.15, 0.2) is 0 Å². The van der Waals surface area contributed by atoms with Crippen molar-refractivity contribution in [3.63, 3.8) is 0 Å². The first kappa shape index (κ1) is 8.11. The Kier molecular flexibility index (Phi) is 1.66. The van der Waals surface area contributed by atoms with Crippen LogP contribution in [0.3, 0.4) is 0 Å². The van der Waals surface area contributed by atoms with Crippen LogP contribution in [0.2, 0.25) is 0 Å². The highest BCUT2D eigenvalue weighted by Crippen LogP contribution is 2.64. The Morgan fingerprint density at radius 3 is 1.73 bits per heavy atom. The molecule has 0 aromatic carbocycles. The van der Waals surface area contributed by atoms with Crippen LogP contribution < -0.4 is 11.5 Å². The van der Waals surface area contributed by atoms with Crippen LogP contribution in [0, 0.1) is 11.8 Å². The summed E-state index contributed by atoms with van der Waals surface area (Å²) in [5.74, 6) is 0.807. The molecule has 2 fully saturated rings. The Morgan fingerprint density at radius 2 is 1.36 bits per heavy atom. The van der Waals surface area contributed by atoms with Gasteiger partial charge in [-0.05, 0) is 24.7 Å². The number of hydrogen-bond donors (Lipinski definition) is 2.